The van der Waals surface area contributed by atoms with Crippen LogP contribution in [-0.2, 0) is 9.59 Å². The first kappa shape index (κ1) is 17.3. The smallest absolute Gasteiger partial charge is 0.324 e. The average molecular weight is 369 g/mol. The molecule has 0 bridgehead atoms. The van der Waals surface area contributed by atoms with E-state index in [1.165, 1.54) is 0 Å². The zero-order valence-electron chi connectivity index (χ0n) is 14.3. The second kappa shape index (κ2) is 5.95. The maximum Gasteiger partial charge on any atom is 0.324 e. The van der Waals surface area contributed by atoms with Crippen molar-refractivity contribution in [2.45, 2.75) is 18.0 Å². The first-order valence-corrected chi connectivity index (χ1v) is 8.62. The highest BCUT2D eigenvalue weighted by atomic mass is 16.4. The van der Waals surface area contributed by atoms with Gasteiger partial charge < -0.3 is 26.6 Å². The first-order valence-electron chi connectivity index (χ1n) is 8.62. The van der Waals surface area contributed by atoms with Crippen molar-refractivity contribution in [1.29, 1.82) is 0 Å². The number of rotatable bonds is 4. The Bertz CT molecular complexity index is 961. The first-order chi connectivity index (χ1) is 12.8. The molecule has 2 aliphatic carbocycles. The molecule has 2 saturated carbocycles. The largest absolute Gasteiger partial charge is 0.481 e. The van der Waals surface area contributed by atoms with Crippen molar-refractivity contribution in [1.82, 2.24) is 5.32 Å². The van der Waals surface area contributed by atoms with Crippen LogP contribution < -0.4 is 16.4 Å². The highest BCUT2D eigenvalue weighted by Crippen LogP contribution is 2.61. The standard InChI is InChI=1S/C19H19N3O5/c20-19(17(25)26)8-12(13-14(15(13)19)16(23)24)22-18(27)21-11-6-5-9-3-1-2-4-10(9)7-11/h1-7,12-15H,8,20H2,(H,23,24)(H,25,26)(H2,21,22,27)/t12-,13-,14-,15-,19-/m0/s1. The van der Waals surface area contributed by atoms with Crippen LogP contribution >= 0.6 is 0 Å². The van der Waals surface area contributed by atoms with Crippen molar-refractivity contribution in [3.8, 4) is 0 Å². The molecule has 2 aromatic rings. The average Bonchev–Trinajstić information content (AvgIpc) is 3.31. The zero-order chi connectivity index (χ0) is 19.3. The monoisotopic (exact) mass is 369 g/mol. The van der Waals surface area contributed by atoms with Crippen LogP contribution in [0.1, 0.15) is 6.42 Å². The van der Waals surface area contributed by atoms with Crippen LogP contribution in [0.15, 0.2) is 42.5 Å². The van der Waals surface area contributed by atoms with Crippen molar-refractivity contribution < 1.29 is 24.6 Å². The Kier molecular flexibility index (Phi) is 3.81. The van der Waals surface area contributed by atoms with Gasteiger partial charge in [0.25, 0.3) is 0 Å². The molecule has 27 heavy (non-hydrogen) atoms. The number of nitrogens with two attached hydrogens (primary N) is 1. The molecule has 0 aliphatic heterocycles. The van der Waals surface area contributed by atoms with E-state index in [1.807, 2.05) is 36.4 Å². The molecule has 6 N–H and O–H groups in total. The highest BCUT2D eigenvalue weighted by molar-refractivity contribution is 5.94. The van der Waals surface area contributed by atoms with Gasteiger partial charge in [-0.2, -0.15) is 0 Å². The normalized spacial score (nSPS) is 31.1. The molecule has 0 saturated heterocycles. The highest BCUT2D eigenvalue weighted by Gasteiger charge is 2.74. The number of nitrogens with one attached hydrogen (secondary N) is 2. The van der Waals surface area contributed by atoms with Crippen molar-refractivity contribution in [3.63, 3.8) is 0 Å². The third kappa shape index (κ3) is 2.78. The lowest BCUT2D eigenvalue weighted by Crippen LogP contribution is -2.52. The van der Waals surface area contributed by atoms with Gasteiger partial charge in [0.2, 0.25) is 0 Å². The molecule has 140 valence electrons. The third-order valence-electron chi connectivity index (χ3n) is 5.70. The Morgan fingerprint density at radius 3 is 2.44 bits per heavy atom. The lowest BCUT2D eigenvalue weighted by molar-refractivity contribution is -0.145. The van der Waals surface area contributed by atoms with Crippen LogP contribution in [0, 0.1) is 17.8 Å². The van der Waals surface area contributed by atoms with Gasteiger partial charge >= 0.3 is 18.0 Å². The van der Waals surface area contributed by atoms with Gasteiger partial charge in [0, 0.05) is 17.6 Å². The SMILES string of the molecule is N[C@@]1(C(=O)O)C[C@H](NC(=O)Nc2ccc3ccccc3c2)[C@H]2[C@H](C(=O)O)[C@H]21. The lowest BCUT2D eigenvalue weighted by atomic mass is 9.90. The topological polar surface area (TPSA) is 142 Å². The number of anilines is 1. The number of fused-ring (bicyclic) bond motifs is 2. The molecule has 0 spiro atoms. The van der Waals surface area contributed by atoms with E-state index in [0.29, 0.717) is 5.69 Å². The lowest BCUT2D eigenvalue weighted by Gasteiger charge is -2.25. The molecular weight excluding hydrogens is 350 g/mol. The molecule has 5 atom stereocenters. The minimum Gasteiger partial charge on any atom is -0.481 e. The summed E-state index contributed by atoms with van der Waals surface area (Å²) in [5, 5.41) is 26.1. The number of carboxylic acid groups (broad SMARTS) is 2. The number of carbonyl (C=O) groups excluding carboxylic acids is 1. The fraction of sp³-hybridized carbons (Fsp3) is 0.316. The fourth-order valence-corrected chi connectivity index (χ4v) is 4.43. The van der Waals surface area contributed by atoms with Gasteiger partial charge in [-0.05, 0) is 35.2 Å². The van der Waals surface area contributed by atoms with Crippen molar-refractivity contribution in [2.75, 3.05) is 5.32 Å². The summed E-state index contributed by atoms with van der Waals surface area (Å²) in [7, 11) is 0. The minimum atomic E-state index is -1.63. The molecule has 0 heterocycles. The Balaban J connectivity index is 1.47. The van der Waals surface area contributed by atoms with Gasteiger partial charge in [-0.25, -0.2) is 4.79 Å². The third-order valence-corrected chi connectivity index (χ3v) is 5.70. The van der Waals surface area contributed by atoms with E-state index in [9.17, 15) is 24.6 Å². The van der Waals surface area contributed by atoms with Gasteiger partial charge in [0.1, 0.15) is 5.54 Å². The predicted molar refractivity (Wildman–Crippen MR) is 97.2 cm³/mol. The van der Waals surface area contributed by atoms with Crippen LogP contribution in [0.4, 0.5) is 10.5 Å². The number of benzene rings is 2. The molecule has 8 nitrogen and oxygen atoms in total. The summed E-state index contributed by atoms with van der Waals surface area (Å²) in [5.41, 5.74) is 4.92. The molecule has 2 aromatic carbocycles. The van der Waals surface area contributed by atoms with Crippen molar-refractivity contribution >= 4 is 34.4 Å². The van der Waals surface area contributed by atoms with E-state index in [4.69, 9.17) is 5.73 Å². The van der Waals surface area contributed by atoms with Crippen LogP contribution in [-0.4, -0.2) is 39.8 Å². The van der Waals surface area contributed by atoms with E-state index in [-0.39, 0.29) is 6.42 Å². The van der Waals surface area contributed by atoms with Gasteiger partial charge in [-0.3, -0.25) is 9.59 Å². The van der Waals surface area contributed by atoms with E-state index in [1.54, 1.807) is 6.07 Å². The van der Waals surface area contributed by atoms with Crippen LogP contribution in [0.5, 0.6) is 0 Å². The summed E-state index contributed by atoms with van der Waals surface area (Å²) in [4.78, 5) is 35.3. The molecule has 2 amide bonds. The molecule has 2 aliphatic rings. The second-order valence-corrected chi connectivity index (χ2v) is 7.28. The number of hydrogen-bond donors (Lipinski definition) is 5. The van der Waals surface area contributed by atoms with Gasteiger partial charge in [-0.1, -0.05) is 30.3 Å². The van der Waals surface area contributed by atoms with E-state index < -0.39 is 47.3 Å². The quantitative estimate of drug-likeness (QED) is 0.552. The summed E-state index contributed by atoms with van der Waals surface area (Å²) in [6.45, 7) is 0. The number of hydrogen-bond acceptors (Lipinski definition) is 4. The van der Waals surface area contributed by atoms with E-state index >= 15 is 0 Å². The van der Waals surface area contributed by atoms with Crippen LogP contribution in [0.25, 0.3) is 10.8 Å². The van der Waals surface area contributed by atoms with Gasteiger partial charge in [0.05, 0.1) is 5.92 Å². The summed E-state index contributed by atoms with van der Waals surface area (Å²) in [6.07, 6.45) is 0.00653. The van der Waals surface area contributed by atoms with Crippen molar-refractivity contribution in [2.24, 2.45) is 23.5 Å². The number of carbonyl (C=O) groups is 3. The summed E-state index contributed by atoms with van der Waals surface area (Å²) in [5.74, 6) is -4.29. The molecule has 2 fully saturated rings. The molecule has 0 aromatic heterocycles. The number of carboxylic acids is 2. The molecule has 0 unspecified atom stereocenters. The van der Waals surface area contributed by atoms with Crippen molar-refractivity contribution in [3.05, 3.63) is 42.5 Å². The summed E-state index contributed by atoms with van der Waals surface area (Å²) >= 11 is 0. The number of urea groups is 1. The van der Waals surface area contributed by atoms with Gasteiger partial charge in [0.15, 0.2) is 0 Å². The van der Waals surface area contributed by atoms with Crippen LogP contribution in [0.2, 0.25) is 0 Å². The Labute approximate surface area is 154 Å². The molecule has 0 radical (unpaired) electrons. The Morgan fingerprint density at radius 1 is 1.07 bits per heavy atom. The van der Waals surface area contributed by atoms with Crippen LogP contribution in [0.3, 0.4) is 0 Å². The van der Waals surface area contributed by atoms with Gasteiger partial charge in [-0.15, -0.1) is 0 Å². The number of amides is 2. The summed E-state index contributed by atoms with van der Waals surface area (Å²) < 4.78 is 0. The van der Waals surface area contributed by atoms with E-state index in [2.05, 4.69) is 10.6 Å². The molecular formula is C19H19N3O5. The van der Waals surface area contributed by atoms with E-state index in [0.717, 1.165) is 10.8 Å². The summed E-state index contributed by atoms with van der Waals surface area (Å²) in [6, 6.07) is 12.1. The zero-order valence-corrected chi connectivity index (χ0v) is 14.3. The maximum absolute atomic E-state index is 12.4. The molecule has 4 rings (SSSR count). The fourth-order valence-electron chi connectivity index (χ4n) is 4.43. The predicted octanol–water partition coefficient (Wildman–Crippen LogP) is 1.46. The Hall–Kier alpha value is -3.13. The Morgan fingerprint density at radius 2 is 1.78 bits per heavy atom. The molecule has 8 heteroatoms. The maximum atomic E-state index is 12.4. The number of aliphatic carboxylic acids is 2. The minimum absolute atomic E-state index is 0.00653. The second-order valence-electron chi connectivity index (χ2n) is 7.28.